The Morgan fingerprint density at radius 3 is 2.50 bits per heavy atom. The van der Waals surface area contributed by atoms with E-state index in [4.69, 9.17) is 9.47 Å². The van der Waals surface area contributed by atoms with E-state index in [2.05, 4.69) is 52.7 Å². The molecular formula is C30H35FN2O3. The summed E-state index contributed by atoms with van der Waals surface area (Å²) in [4.78, 5) is 14.4. The van der Waals surface area contributed by atoms with Gasteiger partial charge in [-0.25, -0.2) is 4.39 Å². The van der Waals surface area contributed by atoms with E-state index in [-0.39, 0.29) is 24.9 Å². The van der Waals surface area contributed by atoms with Crippen molar-refractivity contribution in [1.82, 2.24) is 10.2 Å². The van der Waals surface area contributed by atoms with Gasteiger partial charge in [0.1, 0.15) is 18.2 Å². The number of rotatable bonds is 12. The topological polar surface area (TPSA) is 50.8 Å². The fourth-order valence-electron chi connectivity index (χ4n) is 4.52. The second-order valence-corrected chi connectivity index (χ2v) is 9.28. The van der Waals surface area contributed by atoms with Crippen molar-refractivity contribution >= 4 is 5.91 Å². The molecule has 0 saturated carbocycles. The Kier molecular flexibility index (Phi) is 9.88. The van der Waals surface area contributed by atoms with Gasteiger partial charge < -0.3 is 14.8 Å². The highest BCUT2D eigenvalue weighted by molar-refractivity contribution is 5.77. The van der Waals surface area contributed by atoms with Crippen LogP contribution in [0.1, 0.15) is 41.9 Å². The van der Waals surface area contributed by atoms with Crippen molar-refractivity contribution in [2.75, 3.05) is 32.8 Å². The molecule has 1 aliphatic rings. The van der Waals surface area contributed by atoms with Gasteiger partial charge >= 0.3 is 0 Å². The van der Waals surface area contributed by atoms with E-state index in [1.165, 1.54) is 36.1 Å². The van der Waals surface area contributed by atoms with E-state index in [1.54, 1.807) is 12.1 Å². The molecule has 3 aromatic rings. The van der Waals surface area contributed by atoms with Gasteiger partial charge in [0.2, 0.25) is 5.91 Å². The van der Waals surface area contributed by atoms with Crippen LogP contribution in [0.4, 0.5) is 4.39 Å². The van der Waals surface area contributed by atoms with Crippen LogP contribution >= 0.6 is 0 Å². The van der Waals surface area contributed by atoms with Crippen LogP contribution in [0.2, 0.25) is 0 Å². The lowest BCUT2D eigenvalue weighted by atomic mass is 9.89. The Labute approximate surface area is 213 Å². The molecule has 0 aromatic heterocycles. The predicted octanol–water partition coefficient (Wildman–Crippen LogP) is 5.31. The van der Waals surface area contributed by atoms with Gasteiger partial charge in [-0.05, 0) is 79.2 Å². The van der Waals surface area contributed by atoms with Crippen molar-refractivity contribution < 1.29 is 18.7 Å². The number of piperidine rings is 1. The zero-order chi connectivity index (χ0) is 25.0. The Hall–Kier alpha value is -3.22. The Morgan fingerprint density at radius 2 is 1.72 bits per heavy atom. The molecule has 1 fully saturated rings. The fraction of sp³-hybridized carbons (Fsp3) is 0.367. The molecule has 0 aliphatic carbocycles. The molecule has 0 bridgehead atoms. The molecule has 0 radical (unpaired) electrons. The van der Waals surface area contributed by atoms with Gasteiger partial charge in [-0.2, -0.15) is 0 Å². The van der Waals surface area contributed by atoms with Crippen LogP contribution in [0.25, 0.3) is 0 Å². The van der Waals surface area contributed by atoms with E-state index in [9.17, 15) is 9.18 Å². The van der Waals surface area contributed by atoms with Crippen molar-refractivity contribution in [1.29, 1.82) is 0 Å². The van der Waals surface area contributed by atoms with Gasteiger partial charge in [0.05, 0.1) is 13.2 Å². The maximum absolute atomic E-state index is 12.9. The number of nitrogens with one attached hydrogen (secondary N) is 1. The second kappa shape index (κ2) is 13.8. The number of halogens is 1. The minimum Gasteiger partial charge on any atom is -0.494 e. The third-order valence-corrected chi connectivity index (χ3v) is 6.49. The molecule has 190 valence electrons. The number of likely N-dealkylation sites (tertiary alicyclic amines) is 1. The van der Waals surface area contributed by atoms with Gasteiger partial charge in [0.25, 0.3) is 0 Å². The standard InChI is InChI=1S/C30H35FN2O3/c31-28-12-10-24(11-13-28)22-35-23-30(34)32-16-5-19-36-29-9-4-6-25(20-29)21-33-17-14-27(15-18-33)26-7-2-1-3-8-26/h1-4,6-13,20,27H,5,14-19,21-23H2,(H,32,34). The third-order valence-electron chi connectivity index (χ3n) is 6.49. The van der Waals surface area contributed by atoms with Crippen molar-refractivity contribution in [3.8, 4) is 5.75 Å². The smallest absolute Gasteiger partial charge is 0.246 e. The SMILES string of the molecule is O=C(COCc1ccc(F)cc1)NCCCOc1cccc(CN2CCC(c3ccccc3)CC2)c1. The van der Waals surface area contributed by atoms with Crippen LogP contribution in [0.5, 0.6) is 5.75 Å². The Bertz CT molecular complexity index is 1070. The summed E-state index contributed by atoms with van der Waals surface area (Å²) >= 11 is 0. The van der Waals surface area contributed by atoms with E-state index < -0.39 is 0 Å². The zero-order valence-electron chi connectivity index (χ0n) is 20.7. The van der Waals surface area contributed by atoms with Gasteiger partial charge in [0.15, 0.2) is 0 Å². The number of hydrogen-bond acceptors (Lipinski definition) is 4. The van der Waals surface area contributed by atoms with Crippen molar-refractivity contribution in [2.24, 2.45) is 0 Å². The van der Waals surface area contributed by atoms with Crippen LogP contribution in [-0.4, -0.2) is 43.7 Å². The third kappa shape index (κ3) is 8.47. The highest BCUT2D eigenvalue weighted by Gasteiger charge is 2.20. The number of nitrogens with zero attached hydrogens (tertiary/aromatic N) is 1. The lowest BCUT2D eigenvalue weighted by Crippen LogP contribution is -2.32. The van der Waals surface area contributed by atoms with Gasteiger partial charge in [-0.15, -0.1) is 0 Å². The lowest BCUT2D eigenvalue weighted by molar-refractivity contribution is -0.126. The van der Waals surface area contributed by atoms with Crippen LogP contribution in [0.3, 0.4) is 0 Å². The minimum absolute atomic E-state index is 0.0249. The number of amides is 1. The summed E-state index contributed by atoms with van der Waals surface area (Å²) in [6.07, 6.45) is 3.10. The van der Waals surface area contributed by atoms with E-state index in [1.807, 2.05) is 12.1 Å². The summed E-state index contributed by atoms with van der Waals surface area (Å²) in [7, 11) is 0. The molecule has 3 aromatic carbocycles. The number of carbonyl (C=O) groups excluding carboxylic acids is 1. The Morgan fingerprint density at radius 1 is 0.944 bits per heavy atom. The normalized spacial score (nSPS) is 14.5. The van der Waals surface area contributed by atoms with Crippen molar-refractivity contribution in [3.63, 3.8) is 0 Å². The predicted molar refractivity (Wildman–Crippen MR) is 139 cm³/mol. The van der Waals surface area contributed by atoms with Crippen molar-refractivity contribution in [2.45, 2.75) is 38.3 Å². The molecule has 1 N–H and O–H groups in total. The number of hydrogen-bond donors (Lipinski definition) is 1. The zero-order valence-corrected chi connectivity index (χ0v) is 20.7. The number of ether oxygens (including phenoxy) is 2. The summed E-state index contributed by atoms with van der Waals surface area (Å²) < 4.78 is 24.2. The quantitative estimate of drug-likeness (QED) is 0.350. The molecule has 0 unspecified atom stereocenters. The van der Waals surface area contributed by atoms with Crippen LogP contribution < -0.4 is 10.1 Å². The maximum Gasteiger partial charge on any atom is 0.246 e. The molecule has 1 aliphatic heterocycles. The average molecular weight is 491 g/mol. The first-order chi connectivity index (χ1) is 17.7. The van der Waals surface area contributed by atoms with Crippen molar-refractivity contribution in [3.05, 3.63) is 101 Å². The van der Waals surface area contributed by atoms with Crippen LogP contribution in [0.15, 0.2) is 78.9 Å². The second-order valence-electron chi connectivity index (χ2n) is 9.28. The van der Waals surface area contributed by atoms with Crippen LogP contribution in [-0.2, 0) is 22.7 Å². The summed E-state index contributed by atoms with van der Waals surface area (Å²) in [6.45, 7) is 4.46. The van der Waals surface area contributed by atoms with Crippen LogP contribution in [0, 0.1) is 5.82 Å². The first kappa shape index (κ1) is 25.9. The minimum atomic E-state index is -0.287. The molecule has 0 atom stereocenters. The van der Waals surface area contributed by atoms with E-state index in [0.717, 1.165) is 30.9 Å². The molecule has 36 heavy (non-hydrogen) atoms. The molecule has 1 heterocycles. The summed E-state index contributed by atoms with van der Waals surface area (Å²) in [5.74, 6) is 1.07. The first-order valence-electron chi connectivity index (χ1n) is 12.7. The molecule has 4 rings (SSSR count). The average Bonchev–Trinajstić information content (AvgIpc) is 2.91. The lowest BCUT2D eigenvalue weighted by Gasteiger charge is -2.32. The Balaban J connectivity index is 1.09. The monoisotopic (exact) mass is 490 g/mol. The fourth-order valence-corrected chi connectivity index (χ4v) is 4.52. The molecular weight excluding hydrogens is 455 g/mol. The summed E-state index contributed by atoms with van der Waals surface area (Å²) in [6, 6.07) is 25.2. The molecule has 0 spiro atoms. The molecule has 5 nitrogen and oxygen atoms in total. The molecule has 6 heteroatoms. The summed E-state index contributed by atoms with van der Waals surface area (Å²) in [5.41, 5.74) is 3.55. The van der Waals surface area contributed by atoms with Gasteiger partial charge in [0, 0.05) is 13.1 Å². The highest BCUT2D eigenvalue weighted by atomic mass is 19.1. The summed E-state index contributed by atoms with van der Waals surface area (Å²) in [5, 5.41) is 2.83. The first-order valence-corrected chi connectivity index (χ1v) is 12.7. The number of carbonyl (C=O) groups is 1. The van der Waals surface area contributed by atoms with E-state index in [0.29, 0.717) is 25.5 Å². The van der Waals surface area contributed by atoms with Gasteiger partial charge in [-0.1, -0.05) is 54.6 Å². The highest BCUT2D eigenvalue weighted by Crippen LogP contribution is 2.28. The van der Waals surface area contributed by atoms with Gasteiger partial charge in [-0.3, -0.25) is 9.69 Å². The van der Waals surface area contributed by atoms with E-state index >= 15 is 0 Å². The molecule has 1 amide bonds. The molecule has 1 saturated heterocycles. The largest absolute Gasteiger partial charge is 0.494 e. The number of benzene rings is 3. The maximum atomic E-state index is 12.9.